The van der Waals surface area contributed by atoms with E-state index in [4.69, 9.17) is 18.9 Å². The minimum absolute atomic E-state index is 0.0203. The molecule has 2 aliphatic rings. The fourth-order valence-electron chi connectivity index (χ4n) is 6.37. The average Bonchev–Trinajstić information content (AvgIpc) is 3.83. The summed E-state index contributed by atoms with van der Waals surface area (Å²) in [4.78, 5) is 60.0. The zero-order chi connectivity index (χ0) is 37.8. The van der Waals surface area contributed by atoms with Gasteiger partial charge in [0.15, 0.2) is 5.13 Å². The van der Waals surface area contributed by atoms with Gasteiger partial charge in [-0.05, 0) is 52.5 Å². The van der Waals surface area contributed by atoms with Crippen LogP contribution in [0.15, 0.2) is 30.3 Å². The molecule has 2 fully saturated rings. The summed E-state index contributed by atoms with van der Waals surface area (Å²) in [5.41, 5.74) is 1.27. The fourth-order valence-corrected chi connectivity index (χ4v) is 7.25. The molecule has 5 amide bonds. The van der Waals surface area contributed by atoms with E-state index in [1.807, 2.05) is 37.3 Å². The predicted octanol–water partition coefficient (Wildman–Crippen LogP) is 3.62. The molecule has 1 aromatic carbocycles. The van der Waals surface area contributed by atoms with Crippen LogP contribution in [0.1, 0.15) is 58.8 Å². The second-order valence-corrected chi connectivity index (χ2v) is 14.1. The number of urea groups is 1. The fraction of sp³-hybridized carbons (Fsp3) is 0.649. The number of likely N-dealkylation sites (tertiary alicyclic amines) is 1. The van der Waals surface area contributed by atoms with Crippen molar-refractivity contribution in [2.45, 2.75) is 76.9 Å². The van der Waals surface area contributed by atoms with Crippen LogP contribution in [0.4, 0.5) is 14.9 Å². The molecule has 1 saturated carbocycles. The first-order valence-corrected chi connectivity index (χ1v) is 19.6. The molecule has 2 unspecified atom stereocenters. The van der Waals surface area contributed by atoms with Crippen molar-refractivity contribution in [1.82, 2.24) is 25.8 Å². The third-order valence-electron chi connectivity index (χ3n) is 9.33. The number of hydrogen-bond donors (Lipinski definition) is 5. The van der Waals surface area contributed by atoms with E-state index in [2.05, 4.69) is 31.6 Å². The van der Waals surface area contributed by atoms with Gasteiger partial charge in [0.05, 0.1) is 52.3 Å². The number of benzene rings is 1. The largest absolute Gasteiger partial charge is 0.379 e. The smallest absolute Gasteiger partial charge is 0.321 e. The highest BCUT2D eigenvalue weighted by molar-refractivity contribution is 7.20. The first kappa shape index (κ1) is 42.1. The van der Waals surface area contributed by atoms with Gasteiger partial charge in [0.2, 0.25) is 17.7 Å². The lowest BCUT2D eigenvalue weighted by atomic mass is 9.83. The molecule has 16 heteroatoms. The summed E-state index contributed by atoms with van der Waals surface area (Å²) < 4.78 is 21.6. The van der Waals surface area contributed by atoms with Crippen molar-refractivity contribution in [2.24, 2.45) is 5.92 Å². The van der Waals surface area contributed by atoms with Crippen LogP contribution in [0.25, 0.3) is 11.3 Å². The molecule has 3 atom stereocenters. The summed E-state index contributed by atoms with van der Waals surface area (Å²) in [5, 5.41) is 15.3. The molecule has 15 nitrogen and oxygen atoms in total. The topological polar surface area (TPSA) is 181 Å². The van der Waals surface area contributed by atoms with Gasteiger partial charge in [0.25, 0.3) is 0 Å². The second kappa shape index (κ2) is 23.2. The van der Waals surface area contributed by atoms with Gasteiger partial charge in [-0.1, -0.05) is 60.9 Å². The van der Waals surface area contributed by atoms with Gasteiger partial charge in [-0.15, -0.1) is 0 Å². The number of rotatable bonds is 22. The van der Waals surface area contributed by atoms with Crippen molar-refractivity contribution >= 4 is 45.2 Å². The van der Waals surface area contributed by atoms with E-state index >= 15 is 0 Å². The summed E-state index contributed by atoms with van der Waals surface area (Å²) in [6, 6.07) is 7.06. The molecule has 1 aliphatic carbocycles. The highest BCUT2D eigenvalue weighted by Gasteiger charge is 2.41. The number of carbonyl (C=O) groups excluding carboxylic acids is 4. The molecule has 0 radical (unpaired) electrons. The van der Waals surface area contributed by atoms with E-state index in [0.717, 1.165) is 49.0 Å². The number of amides is 5. The molecular weight excluding hydrogens is 703 g/mol. The lowest BCUT2D eigenvalue weighted by molar-refractivity contribution is -0.142. The molecule has 53 heavy (non-hydrogen) atoms. The molecule has 1 aliphatic heterocycles. The maximum absolute atomic E-state index is 14.1. The minimum atomic E-state index is -0.706. The number of carbonyl (C=O) groups is 4. The zero-order valence-electron chi connectivity index (χ0n) is 31.3. The Morgan fingerprint density at radius 1 is 0.868 bits per heavy atom. The van der Waals surface area contributed by atoms with Crippen molar-refractivity contribution in [3.8, 4) is 11.3 Å². The number of hydrogen-bond acceptors (Lipinski definition) is 11. The SMILES string of the molecule is CCOCCOCCOCCOCCNC(=O)Nc1nc(-c2ccccc2)c(NC(=O)[C@@H]2CCCN2C(=O)C(NC(=O)C(C)NC)C2CCCCC2)s1. The van der Waals surface area contributed by atoms with Crippen LogP contribution >= 0.6 is 11.3 Å². The predicted molar refractivity (Wildman–Crippen MR) is 204 cm³/mol. The minimum Gasteiger partial charge on any atom is -0.379 e. The number of aromatic nitrogens is 1. The summed E-state index contributed by atoms with van der Waals surface area (Å²) in [7, 11) is 1.71. The molecule has 4 rings (SSSR count). The monoisotopic (exact) mass is 759 g/mol. The van der Waals surface area contributed by atoms with E-state index in [9.17, 15) is 19.2 Å². The average molecular weight is 760 g/mol. The second-order valence-electron chi connectivity index (χ2n) is 13.1. The summed E-state index contributed by atoms with van der Waals surface area (Å²) in [5.74, 6) is -0.762. The Balaban J connectivity index is 1.32. The highest BCUT2D eigenvalue weighted by atomic mass is 32.1. The maximum Gasteiger partial charge on any atom is 0.321 e. The summed E-state index contributed by atoms with van der Waals surface area (Å²) >= 11 is 1.14. The van der Waals surface area contributed by atoms with Crippen molar-refractivity contribution < 1.29 is 38.1 Å². The van der Waals surface area contributed by atoms with Crippen molar-refractivity contribution in [1.29, 1.82) is 0 Å². The Hall–Kier alpha value is -3.67. The Bertz CT molecular complexity index is 1430. The Labute approximate surface area is 316 Å². The van der Waals surface area contributed by atoms with Gasteiger partial charge in [-0.25, -0.2) is 9.78 Å². The number of nitrogens with zero attached hydrogens (tertiary/aromatic N) is 2. The standard InChI is InChI=1S/C37H57N7O8S/c1-4-49-20-21-51-24-25-52-23-22-50-19-17-39-36(48)43-37-41-30(27-12-7-5-8-13-27)34(53-37)42-33(46)29-16-11-18-44(29)35(47)31(28-14-9-6-10-15-28)40-32(45)26(2)38-3/h5,7-8,12-13,26,28-29,31,38H,4,6,9-11,14-25H2,1-3H3,(H,40,45)(H,42,46)(H2,39,41,43,48)/t26?,29-,31?/m0/s1. The van der Waals surface area contributed by atoms with Crippen LogP contribution < -0.4 is 26.6 Å². The molecule has 1 saturated heterocycles. The van der Waals surface area contributed by atoms with Gasteiger partial charge in [0, 0.05) is 25.3 Å². The van der Waals surface area contributed by atoms with E-state index in [-0.39, 0.29) is 30.2 Å². The molecule has 294 valence electrons. The third kappa shape index (κ3) is 13.6. The van der Waals surface area contributed by atoms with E-state index in [0.29, 0.717) is 88.1 Å². The molecule has 5 N–H and O–H groups in total. The summed E-state index contributed by atoms with van der Waals surface area (Å²) in [6.45, 7) is 8.22. The lowest BCUT2D eigenvalue weighted by Crippen LogP contribution is -2.57. The number of anilines is 2. The number of nitrogens with one attached hydrogen (secondary N) is 5. The normalized spacial score (nSPS) is 17.3. The van der Waals surface area contributed by atoms with Crippen LogP contribution in [0.3, 0.4) is 0 Å². The Morgan fingerprint density at radius 3 is 2.19 bits per heavy atom. The van der Waals surface area contributed by atoms with Gasteiger partial charge >= 0.3 is 6.03 Å². The quantitative estimate of drug-likeness (QED) is 0.111. The molecule has 2 heterocycles. The Morgan fingerprint density at radius 2 is 1.53 bits per heavy atom. The van der Waals surface area contributed by atoms with Gasteiger partial charge < -0.3 is 45.1 Å². The summed E-state index contributed by atoms with van der Waals surface area (Å²) in [6.07, 6.45) is 6.01. The molecular formula is C37H57N7O8S. The number of likely N-dealkylation sites (N-methyl/N-ethyl adjacent to an activating group) is 1. The van der Waals surface area contributed by atoms with Gasteiger partial charge in [0.1, 0.15) is 22.8 Å². The first-order chi connectivity index (χ1) is 25.8. The van der Waals surface area contributed by atoms with E-state index in [1.165, 1.54) is 0 Å². The third-order valence-corrected chi connectivity index (χ3v) is 10.2. The van der Waals surface area contributed by atoms with Gasteiger partial charge in [-0.2, -0.15) is 0 Å². The highest BCUT2D eigenvalue weighted by Crippen LogP contribution is 2.37. The zero-order valence-corrected chi connectivity index (χ0v) is 32.1. The van der Waals surface area contributed by atoms with Gasteiger partial charge in [-0.3, -0.25) is 19.7 Å². The lowest BCUT2D eigenvalue weighted by Gasteiger charge is -2.35. The van der Waals surface area contributed by atoms with Crippen LogP contribution in [-0.4, -0.2) is 125 Å². The van der Waals surface area contributed by atoms with E-state index < -0.39 is 24.2 Å². The van der Waals surface area contributed by atoms with Crippen molar-refractivity contribution in [2.75, 3.05) is 83.6 Å². The maximum atomic E-state index is 14.1. The van der Waals surface area contributed by atoms with Crippen molar-refractivity contribution in [3.05, 3.63) is 30.3 Å². The molecule has 0 bridgehead atoms. The van der Waals surface area contributed by atoms with E-state index in [1.54, 1.807) is 18.9 Å². The Kier molecular flexibility index (Phi) is 18.4. The van der Waals surface area contributed by atoms with Crippen LogP contribution in [0.2, 0.25) is 0 Å². The first-order valence-electron chi connectivity index (χ1n) is 18.8. The number of thiazole rings is 1. The van der Waals surface area contributed by atoms with Crippen LogP contribution in [0.5, 0.6) is 0 Å². The molecule has 1 aromatic heterocycles. The molecule has 0 spiro atoms. The van der Waals surface area contributed by atoms with Crippen LogP contribution in [-0.2, 0) is 33.3 Å². The van der Waals surface area contributed by atoms with Crippen molar-refractivity contribution in [3.63, 3.8) is 0 Å². The molecule has 2 aromatic rings. The van der Waals surface area contributed by atoms with Crippen LogP contribution in [0, 0.1) is 5.92 Å². The number of ether oxygens (including phenoxy) is 4.